The number of anilines is 1. The van der Waals surface area contributed by atoms with Crippen LogP contribution in [-0.2, 0) is 9.84 Å². The van der Waals surface area contributed by atoms with Crippen LogP contribution in [0.5, 0.6) is 0 Å². The van der Waals surface area contributed by atoms with Crippen molar-refractivity contribution in [2.24, 2.45) is 0 Å². The summed E-state index contributed by atoms with van der Waals surface area (Å²) in [6.07, 6.45) is 4.89. The number of amides is 1. The molecule has 1 atom stereocenters. The molecule has 0 spiro atoms. The number of sulfone groups is 1. The molecular formula is C18H19N3O4S. The maximum absolute atomic E-state index is 12.5. The molecule has 4 N–H and O–H groups in total. The number of nitrogen functional groups attached to an aromatic ring is 1. The maximum atomic E-state index is 12.5. The normalized spacial score (nSPS) is 21.6. The minimum atomic E-state index is -3.30. The second kappa shape index (κ2) is 5.98. The first kappa shape index (κ1) is 16.8. The van der Waals surface area contributed by atoms with E-state index in [4.69, 9.17) is 5.73 Å². The van der Waals surface area contributed by atoms with Crippen LogP contribution in [0.2, 0.25) is 0 Å². The zero-order chi connectivity index (χ0) is 18.5. The molecular weight excluding hydrogens is 354 g/mol. The zero-order valence-electron chi connectivity index (χ0n) is 14.0. The fourth-order valence-electron chi connectivity index (χ4n) is 3.47. The van der Waals surface area contributed by atoms with Crippen LogP contribution in [0.3, 0.4) is 0 Å². The summed E-state index contributed by atoms with van der Waals surface area (Å²) in [5.74, 6) is -0.377. The molecule has 1 saturated carbocycles. The minimum absolute atomic E-state index is 0.103. The Kier molecular flexibility index (Phi) is 3.87. The second-order valence-electron chi connectivity index (χ2n) is 6.91. The Bertz CT molecular complexity index is 1100. The summed E-state index contributed by atoms with van der Waals surface area (Å²) in [5.41, 5.74) is 7.21. The van der Waals surface area contributed by atoms with Gasteiger partial charge in [0.15, 0.2) is 9.84 Å². The van der Waals surface area contributed by atoms with E-state index in [0.717, 1.165) is 23.8 Å². The van der Waals surface area contributed by atoms with E-state index in [1.54, 1.807) is 0 Å². The number of benzene rings is 1. The Labute approximate surface area is 150 Å². The number of H-pyrrole nitrogens is 1. The van der Waals surface area contributed by atoms with Crippen LogP contribution in [0.25, 0.3) is 10.9 Å². The summed E-state index contributed by atoms with van der Waals surface area (Å²) in [4.78, 5) is 27.6. The number of rotatable bonds is 3. The SMILES string of the molecule is Nc1c(C(=O)N[C@@H]2C=CS(=O)(=O)C2)c(=O)[nH]c2cc(C3CCC3)ccc12. The van der Waals surface area contributed by atoms with E-state index >= 15 is 0 Å². The summed E-state index contributed by atoms with van der Waals surface area (Å²) >= 11 is 0. The average Bonchev–Trinajstić information content (AvgIpc) is 2.84. The number of hydrogen-bond donors (Lipinski definition) is 3. The molecule has 0 bridgehead atoms. The molecule has 26 heavy (non-hydrogen) atoms. The van der Waals surface area contributed by atoms with Crippen LogP contribution < -0.4 is 16.6 Å². The van der Waals surface area contributed by atoms with Crippen molar-refractivity contribution in [1.29, 1.82) is 0 Å². The minimum Gasteiger partial charge on any atom is -0.397 e. The van der Waals surface area contributed by atoms with E-state index in [1.165, 1.54) is 12.5 Å². The van der Waals surface area contributed by atoms with Gasteiger partial charge in [-0.3, -0.25) is 9.59 Å². The number of aromatic amines is 1. The second-order valence-corrected chi connectivity index (χ2v) is 8.84. The van der Waals surface area contributed by atoms with E-state index in [-0.39, 0.29) is 17.0 Å². The Morgan fingerprint density at radius 1 is 1.27 bits per heavy atom. The van der Waals surface area contributed by atoms with Crippen molar-refractivity contribution in [1.82, 2.24) is 10.3 Å². The van der Waals surface area contributed by atoms with Gasteiger partial charge >= 0.3 is 0 Å². The quantitative estimate of drug-likeness (QED) is 0.751. The standard InChI is InChI=1S/C18H19N3O4S/c19-16-13-5-4-11(10-2-1-3-10)8-14(13)21-18(23)15(16)17(22)20-12-6-7-26(24,25)9-12/h4-8,10,12H,1-3,9H2,(H,20,22)(H3,19,21,23)/t12-/m1/s1. The lowest BCUT2D eigenvalue weighted by Gasteiger charge is -2.26. The third-order valence-corrected chi connectivity index (χ3v) is 6.52. The molecule has 1 aromatic carbocycles. The highest BCUT2D eigenvalue weighted by atomic mass is 32.2. The van der Waals surface area contributed by atoms with Gasteiger partial charge in [0.1, 0.15) is 5.56 Å². The molecule has 2 aromatic rings. The van der Waals surface area contributed by atoms with E-state index in [0.29, 0.717) is 16.8 Å². The molecule has 2 heterocycles. The third kappa shape index (κ3) is 2.90. The summed E-state index contributed by atoms with van der Waals surface area (Å²) < 4.78 is 22.9. The summed E-state index contributed by atoms with van der Waals surface area (Å²) in [7, 11) is -3.30. The van der Waals surface area contributed by atoms with Crippen LogP contribution in [0.1, 0.15) is 41.1 Å². The van der Waals surface area contributed by atoms with Crippen LogP contribution in [0, 0.1) is 0 Å². The first-order valence-corrected chi connectivity index (χ1v) is 10.2. The molecule has 0 unspecified atom stereocenters. The maximum Gasteiger partial charge on any atom is 0.263 e. The van der Waals surface area contributed by atoms with Gasteiger partial charge in [0, 0.05) is 10.8 Å². The van der Waals surface area contributed by atoms with E-state index in [1.807, 2.05) is 18.2 Å². The highest BCUT2D eigenvalue weighted by molar-refractivity contribution is 7.94. The number of fused-ring (bicyclic) bond motifs is 1. The van der Waals surface area contributed by atoms with Gasteiger partial charge in [-0.2, -0.15) is 0 Å². The molecule has 1 aliphatic heterocycles. The number of pyridine rings is 1. The number of aromatic nitrogens is 1. The van der Waals surface area contributed by atoms with Crippen LogP contribution in [0.4, 0.5) is 5.69 Å². The van der Waals surface area contributed by atoms with Crippen LogP contribution >= 0.6 is 0 Å². The summed E-state index contributed by atoms with van der Waals surface area (Å²) in [6.45, 7) is 0. The molecule has 136 valence electrons. The first-order chi connectivity index (χ1) is 12.3. The fraction of sp³-hybridized carbons (Fsp3) is 0.333. The lowest BCUT2D eigenvalue weighted by molar-refractivity contribution is 0.0947. The fourth-order valence-corrected chi connectivity index (χ4v) is 4.70. The number of nitrogens with two attached hydrogens (primary N) is 1. The third-order valence-electron chi connectivity index (χ3n) is 5.13. The molecule has 1 fully saturated rings. The lowest BCUT2D eigenvalue weighted by atomic mass is 9.80. The van der Waals surface area contributed by atoms with E-state index < -0.39 is 27.3 Å². The zero-order valence-corrected chi connectivity index (χ0v) is 14.8. The molecule has 1 amide bonds. The number of hydrogen-bond acceptors (Lipinski definition) is 5. The van der Waals surface area contributed by atoms with Gasteiger partial charge in [0.05, 0.1) is 23.0 Å². The van der Waals surface area contributed by atoms with Gasteiger partial charge in [-0.05, 0) is 36.5 Å². The summed E-state index contributed by atoms with van der Waals surface area (Å²) in [6, 6.07) is 5.06. The van der Waals surface area contributed by atoms with Crippen molar-refractivity contribution in [3.05, 3.63) is 51.2 Å². The lowest BCUT2D eigenvalue weighted by Crippen LogP contribution is -2.38. The predicted octanol–water partition coefficient (Wildman–Crippen LogP) is 1.42. The molecule has 2 aliphatic rings. The van der Waals surface area contributed by atoms with Gasteiger partial charge in [0.25, 0.3) is 11.5 Å². The largest absolute Gasteiger partial charge is 0.397 e. The molecule has 0 saturated heterocycles. The number of nitrogens with one attached hydrogen (secondary N) is 2. The van der Waals surface area contributed by atoms with Gasteiger partial charge in [-0.15, -0.1) is 0 Å². The molecule has 4 rings (SSSR count). The van der Waals surface area contributed by atoms with Crippen LogP contribution in [-0.4, -0.2) is 31.1 Å². The van der Waals surface area contributed by atoms with Gasteiger partial charge in [-0.25, -0.2) is 8.42 Å². The van der Waals surface area contributed by atoms with Gasteiger partial charge in [0.2, 0.25) is 0 Å². The van der Waals surface area contributed by atoms with Crippen molar-refractivity contribution in [2.45, 2.75) is 31.2 Å². The Balaban J connectivity index is 1.68. The predicted molar refractivity (Wildman–Crippen MR) is 99.8 cm³/mol. The molecule has 8 heteroatoms. The summed E-state index contributed by atoms with van der Waals surface area (Å²) in [5, 5.41) is 4.21. The van der Waals surface area contributed by atoms with Crippen molar-refractivity contribution in [2.75, 3.05) is 11.5 Å². The van der Waals surface area contributed by atoms with E-state index in [9.17, 15) is 18.0 Å². The molecule has 1 aliphatic carbocycles. The van der Waals surface area contributed by atoms with Gasteiger partial charge < -0.3 is 16.0 Å². The van der Waals surface area contributed by atoms with E-state index in [2.05, 4.69) is 10.3 Å². The highest BCUT2D eigenvalue weighted by Crippen LogP contribution is 2.37. The Hall–Kier alpha value is -2.61. The number of carbonyl (C=O) groups excluding carboxylic acids is 1. The Morgan fingerprint density at radius 3 is 2.65 bits per heavy atom. The number of carbonyl (C=O) groups is 1. The molecule has 1 aromatic heterocycles. The molecule has 7 nitrogen and oxygen atoms in total. The Morgan fingerprint density at radius 2 is 2.04 bits per heavy atom. The van der Waals surface area contributed by atoms with Crippen LogP contribution in [0.15, 0.2) is 34.5 Å². The highest BCUT2D eigenvalue weighted by Gasteiger charge is 2.26. The molecule has 0 radical (unpaired) electrons. The van der Waals surface area contributed by atoms with Crippen molar-refractivity contribution >= 4 is 32.3 Å². The van der Waals surface area contributed by atoms with Crippen molar-refractivity contribution in [3.8, 4) is 0 Å². The van der Waals surface area contributed by atoms with Crippen molar-refractivity contribution < 1.29 is 13.2 Å². The monoisotopic (exact) mass is 373 g/mol. The first-order valence-electron chi connectivity index (χ1n) is 8.51. The topological polar surface area (TPSA) is 122 Å². The smallest absolute Gasteiger partial charge is 0.263 e. The van der Waals surface area contributed by atoms with Crippen molar-refractivity contribution in [3.63, 3.8) is 0 Å². The average molecular weight is 373 g/mol. The van der Waals surface area contributed by atoms with Gasteiger partial charge in [-0.1, -0.05) is 18.6 Å².